The second kappa shape index (κ2) is 7.45. The molecule has 1 aromatic heterocycles. The zero-order valence-electron chi connectivity index (χ0n) is 15.1. The van der Waals surface area contributed by atoms with Crippen molar-refractivity contribution in [2.45, 2.75) is 46.2 Å². The van der Waals surface area contributed by atoms with Crippen LogP contribution in [0.25, 0.3) is 11.3 Å². The summed E-state index contributed by atoms with van der Waals surface area (Å²) in [5.74, 6) is 0.675. The average Bonchev–Trinajstić information content (AvgIpc) is 2.56. The lowest BCUT2D eigenvalue weighted by molar-refractivity contribution is 0.0992. The van der Waals surface area contributed by atoms with Crippen molar-refractivity contribution in [3.63, 3.8) is 0 Å². The lowest BCUT2D eigenvalue weighted by Crippen LogP contribution is -2.48. The molecular weight excluding hydrogens is 294 g/mol. The molecule has 2 heterocycles. The maximum atomic E-state index is 6.08. The topological polar surface area (TPSA) is 42.1 Å². The average molecular weight is 323 g/mol. The molecule has 0 bridgehead atoms. The summed E-state index contributed by atoms with van der Waals surface area (Å²) in [5.41, 5.74) is 12.2. The summed E-state index contributed by atoms with van der Waals surface area (Å²) in [6.07, 6.45) is 4.50. The molecular formula is C21H29N3. The first-order valence-electron chi connectivity index (χ1n) is 9.05. The minimum atomic E-state index is 0.484. The fourth-order valence-corrected chi connectivity index (χ4v) is 3.86. The summed E-state index contributed by atoms with van der Waals surface area (Å²) < 4.78 is 0. The van der Waals surface area contributed by atoms with Gasteiger partial charge in [-0.05, 0) is 56.3 Å². The first kappa shape index (κ1) is 17.1. The number of nitrogens with zero attached hydrogens (tertiary/aromatic N) is 2. The third-order valence-corrected chi connectivity index (χ3v) is 5.29. The number of nitrogens with two attached hydrogens (primary N) is 1. The van der Waals surface area contributed by atoms with Gasteiger partial charge in [-0.15, -0.1) is 0 Å². The van der Waals surface area contributed by atoms with Crippen molar-refractivity contribution in [2.75, 3.05) is 13.1 Å². The van der Waals surface area contributed by atoms with Gasteiger partial charge >= 0.3 is 0 Å². The normalized spacial score (nSPS) is 21.8. The summed E-state index contributed by atoms with van der Waals surface area (Å²) in [4.78, 5) is 7.21. The minimum absolute atomic E-state index is 0.484. The zero-order chi connectivity index (χ0) is 17.1. The predicted octanol–water partition coefficient (Wildman–Crippen LogP) is 3.92. The molecule has 2 N–H and O–H groups in total. The largest absolute Gasteiger partial charge is 0.329 e. The van der Waals surface area contributed by atoms with E-state index in [1.807, 2.05) is 6.20 Å². The fraction of sp³-hybridized carbons (Fsp3) is 0.476. The quantitative estimate of drug-likeness (QED) is 0.927. The Morgan fingerprint density at radius 3 is 2.67 bits per heavy atom. The summed E-state index contributed by atoms with van der Waals surface area (Å²) in [6.45, 7) is 9.41. The molecule has 0 amide bonds. The molecule has 3 rings (SSSR count). The van der Waals surface area contributed by atoms with Crippen LogP contribution in [0.5, 0.6) is 0 Å². The van der Waals surface area contributed by atoms with Gasteiger partial charge in [-0.25, -0.2) is 0 Å². The molecule has 1 fully saturated rings. The van der Waals surface area contributed by atoms with E-state index in [9.17, 15) is 0 Å². The highest BCUT2D eigenvalue weighted by Crippen LogP contribution is 2.29. The number of aryl methyl sites for hydroxylation is 2. The van der Waals surface area contributed by atoms with E-state index < -0.39 is 0 Å². The van der Waals surface area contributed by atoms with Crippen molar-refractivity contribution in [1.82, 2.24) is 9.88 Å². The number of hydrogen-bond donors (Lipinski definition) is 1. The molecule has 1 aromatic carbocycles. The molecule has 128 valence electrons. The van der Waals surface area contributed by atoms with Crippen molar-refractivity contribution in [1.29, 1.82) is 0 Å². The Balaban J connectivity index is 1.92. The number of pyridine rings is 1. The second-order valence-electron chi connectivity index (χ2n) is 7.27. The van der Waals surface area contributed by atoms with Crippen LogP contribution in [-0.2, 0) is 6.54 Å². The van der Waals surface area contributed by atoms with E-state index >= 15 is 0 Å². The van der Waals surface area contributed by atoms with Gasteiger partial charge in [-0.2, -0.15) is 0 Å². The third-order valence-electron chi connectivity index (χ3n) is 5.29. The lowest BCUT2D eigenvalue weighted by atomic mass is 9.90. The van der Waals surface area contributed by atoms with Gasteiger partial charge in [-0.3, -0.25) is 9.88 Å². The molecule has 1 aliphatic heterocycles. The van der Waals surface area contributed by atoms with Crippen LogP contribution < -0.4 is 5.73 Å². The first-order chi connectivity index (χ1) is 11.6. The van der Waals surface area contributed by atoms with Crippen LogP contribution in [0.1, 0.15) is 36.5 Å². The first-order valence-corrected chi connectivity index (χ1v) is 9.05. The van der Waals surface area contributed by atoms with Crippen molar-refractivity contribution in [3.8, 4) is 11.3 Å². The summed E-state index contributed by atoms with van der Waals surface area (Å²) in [5, 5.41) is 0. The van der Waals surface area contributed by atoms with Gasteiger partial charge in [0.2, 0.25) is 0 Å². The smallest absolute Gasteiger partial charge is 0.0705 e. The minimum Gasteiger partial charge on any atom is -0.329 e. The highest BCUT2D eigenvalue weighted by molar-refractivity contribution is 5.64. The van der Waals surface area contributed by atoms with Crippen LogP contribution in [0.3, 0.4) is 0 Å². The van der Waals surface area contributed by atoms with Crippen LogP contribution in [0.4, 0.5) is 0 Å². The Hall–Kier alpha value is -1.71. The molecule has 24 heavy (non-hydrogen) atoms. The third kappa shape index (κ3) is 3.68. The molecule has 3 nitrogen and oxygen atoms in total. The molecule has 1 saturated heterocycles. The van der Waals surface area contributed by atoms with E-state index in [2.05, 4.69) is 61.0 Å². The molecule has 0 spiro atoms. The van der Waals surface area contributed by atoms with E-state index in [1.54, 1.807) is 0 Å². The zero-order valence-corrected chi connectivity index (χ0v) is 15.1. The molecule has 3 heteroatoms. The molecule has 2 atom stereocenters. The summed E-state index contributed by atoms with van der Waals surface area (Å²) in [7, 11) is 0. The Morgan fingerprint density at radius 1 is 1.17 bits per heavy atom. The Labute approximate surface area is 145 Å². The van der Waals surface area contributed by atoms with Gasteiger partial charge in [0, 0.05) is 30.9 Å². The standard InChI is InChI=1S/C21H29N3/c1-15-6-8-19(20-9-7-16(2)13-23-20)18(11-15)14-24-10-4-5-17(3)21(24)12-22/h6-9,11,13,17,21H,4-5,10,12,14,22H2,1-3H3/t17-,21-/m1/s1. The number of rotatable bonds is 4. The monoisotopic (exact) mass is 323 g/mol. The van der Waals surface area contributed by atoms with E-state index in [0.717, 1.165) is 25.3 Å². The highest BCUT2D eigenvalue weighted by Gasteiger charge is 2.27. The number of likely N-dealkylation sites (tertiary alicyclic amines) is 1. The van der Waals surface area contributed by atoms with Gasteiger partial charge in [-0.1, -0.05) is 36.8 Å². The van der Waals surface area contributed by atoms with Crippen molar-refractivity contribution in [3.05, 3.63) is 53.2 Å². The maximum absolute atomic E-state index is 6.08. The second-order valence-corrected chi connectivity index (χ2v) is 7.27. The van der Waals surface area contributed by atoms with E-state index in [0.29, 0.717) is 12.0 Å². The van der Waals surface area contributed by atoms with E-state index in [4.69, 9.17) is 5.73 Å². The van der Waals surface area contributed by atoms with Crippen molar-refractivity contribution < 1.29 is 0 Å². The molecule has 1 aliphatic rings. The number of aromatic nitrogens is 1. The highest BCUT2D eigenvalue weighted by atomic mass is 15.2. The van der Waals surface area contributed by atoms with Gasteiger partial charge in [0.15, 0.2) is 0 Å². The van der Waals surface area contributed by atoms with E-state index in [-0.39, 0.29) is 0 Å². The number of benzene rings is 1. The molecule has 0 aliphatic carbocycles. The van der Waals surface area contributed by atoms with Gasteiger partial charge < -0.3 is 5.73 Å². The van der Waals surface area contributed by atoms with Gasteiger partial charge in [0.05, 0.1) is 5.69 Å². The fourth-order valence-electron chi connectivity index (χ4n) is 3.86. The Kier molecular flexibility index (Phi) is 5.32. The number of piperidine rings is 1. The van der Waals surface area contributed by atoms with Crippen molar-refractivity contribution in [2.24, 2.45) is 11.7 Å². The number of hydrogen-bond acceptors (Lipinski definition) is 3. The Bertz CT molecular complexity index is 678. The van der Waals surface area contributed by atoms with Crippen LogP contribution >= 0.6 is 0 Å². The molecule has 0 radical (unpaired) electrons. The predicted molar refractivity (Wildman–Crippen MR) is 101 cm³/mol. The van der Waals surface area contributed by atoms with Crippen molar-refractivity contribution >= 4 is 0 Å². The summed E-state index contributed by atoms with van der Waals surface area (Å²) >= 11 is 0. The van der Waals surface area contributed by atoms with Crippen LogP contribution in [0.15, 0.2) is 36.5 Å². The van der Waals surface area contributed by atoms with Crippen LogP contribution in [-0.4, -0.2) is 29.0 Å². The summed E-state index contributed by atoms with van der Waals surface area (Å²) in [6, 6.07) is 11.5. The molecule has 0 unspecified atom stereocenters. The SMILES string of the molecule is Cc1ccc(-c2ccc(C)cc2CN2CCC[C@@H](C)[C@H]2CN)nc1. The van der Waals surface area contributed by atoms with Crippen LogP contribution in [0.2, 0.25) is 0 Å². The van der Waals surface area contributed by atoms with Gasteiger partial charge in [0.1, 0.15) is 0 Å². The molecule has 0 saturated carbocycles. The maximum Gasteiger partial charge on any atom is 0.0705 e. The lowest BCUT2D eigenvalue weighted by Gasteiger charge is -2.39. The van der Waals surface area contributed by atoms with Gasteiger partial charge in [0.25, 0.3) is 0 Å². The Morgan fingerprint density at radius 2 is 1.96 bits per heavy atom. The molecule has 2 aromatic rings. The van der Waals surface area contributed by atoms with Crippen LogP contribution in [0, 0.1) is 19.8 Å². The van der Waals surface area contributed by atoms with E-state index in [1.165, 1.54) is 35.1 Å².